The van der Waals surface area contributed by atoms with Crippen molar-refractivity contribution in [2.24, 2.45) is 12.8 Å². The highest BCUT2D eigenvalue weighted by molar-refractivity contribution is 5.37. The molecule has 1 aliphatic heterocycles. The van der Waals surface area contributed by atoms with Gasteiger partial charge in [0.15, 0.2) is 0 Å². The molecule has 0 bridgehead atoms. The van der Waals surface area contributed by atoms with Crippen molar-refractivity contribution in [1.82, 2.24) is 9.78 Å². The summed E-state index contributed by atoms with van der Waals surface area (Å²) in [7, 11) is 1.91. The summed E-state index contributed by atoms with van der Waals surface area (Å²) in [4.78, 5) is 0. The highest BCUT2D eigenvalue weighted by atomic mass is 16.5. The molecule has 1 aliphatic rings. The van der Waals surface area contributed by atoms with Gasteiger partial charge in [-0.1, -0.05) is 18.2 Å². The summed E-state index contributed by atoms with van der Waals surface area (Å²) in [6.07, 6.45) is 5.64. The Hall–Kier alpha value is -1.81. The molecule has 0 amide bonds. The number of hydrogen-bond donors (Lipinski definition) is 1. The summed E-state index contributed by atoms with van der Waals surface area (Å²) in [6.45, 7) is 0. The average Bonchev–Trinajstić information content (AvgIpc) is 2.95. The number of aryl methyl sites for hydroxylation is 1. The van der Waals surface area contributed by atoms with E-state index in [0.717, 1.165) is 24.2 Å². The lowest BCUT2D eigenvalue weighted by molar-refractivity contribution is 0.198. The van der Waals surface area contributed by atoms with Crippen molar-refractivity contribution in [3.8, 4) is 5.75 Å². The Kier molecular flexibility index (Phi) is 2.80. The predicted molar refractivity (Wildman–Crippen MR) is 69.4 cm³/mol. The van der Waals surface area contributed by atoms with Gasteiger partial charge < -0.3 is 10.5 Å². The van der Waals surface area contributed by atoms with Crippen LogP contribution in [0.2, 0.25) is 0 Å². The number of hydrogen-bond acceptors (Lipinski definition) is 3. The SMILES string of the molecule is Cn1cc(CC(N)C2Cc3ccccc3O2)cn1. The van der Waals surface area contributed by atoms with E-state index in [0.29, 0.717) is 0 Å². The van der Waals surface area contributed by atoms with Crippen LogP contribution in [0.4, 0.5) is 0 Å². The Bertz CT molecular complexity index is 524. The minimum absolute atomic E-state index is 0.00148. The molecule has 4 heteroatoms. The molecule has 94 valence electrons. The van der Waals surface area contributed by atoms with Crippen molar-refractivity contribution in [1.29, 1.82) is 0 Å². The monoisotopic (exact) mass is 243 g/mol. The van der Waals surface area contributed by atoms with Gasteiger partial charge in [-0.3, -0.25) is 4.68 Å². The van der Waals surface area contributed by atoms with E-state index in [1.54, 1.807) is 4.68 Å². The van der Waals surface area contributed by atoms with Gasteiger partial charge >= 0.3 is 0 Å². The second-order valence-corrected chi connectivity index (χ2v) is 4.86. The summed E-state index contributed by atoms with van der Waals surface area (Å²) >= 11 is 0. The predicted octanol–water partition coefficient (Wildman–Crippen LogP) is 1.29. The maximum absolute atomic E-state index is 6.24. The van der Waals surface area contributed by atoms with E-state index in [2.05, 4.69) is 11.2 Å². The highest BCUT2D eigenvalue weighted by Crippen LogP contribution is 2.29. The summed E-state index contributed by atoms with van der Waals surface area (Å²) in [5.74, 6) is 0.976. The summed E-state index contributed by atoms with van der Waals surface area (Å²) in [6, 6.07) is 8.14. The fourth-order valence-electron chi connectivity index (χ4n) is 2.43. The van der Waals surface area contributed by atoms with E-state index >= 15 is 0 Å². The number of aromatic nitrogens is 2. The molecule has 0 radical (unpaired) electrons. The minimum atomic E-state index is 0.00148. The molecule has 0 saturated carbocycles. The first-order chi connectivity index (χ1) is 8.72. The number of nitrogens with two attached hydrogens (primary N) is 1. The molecule has 0 fully saturated rings. The molecule has 2 heterocycles. The molecule has 1 aromatic heterocycles. The van der Waals surface area contributed by atoms with Crippen molar-refractivity contribution >= 4 is 0 Å². The molecular formula is C14H17N3O. The molecule has 18 heavy (non-hydrogen) atoms. The molecule has 0 saturated heterocycles. The van der Waals surface area contributed by atoms with Gasteiger partial charge in [0.1, 0.15) is 11.9 Å². The lowest BCUT2D eigenvalue weighted by Gasteiger charge is -2.18. The molecular weight excluding hydrogens is 226 g/mol. The summed E-state index contributed by atoms with van der Waals surface area (Å²) in [5, 5.41) is 4.16. The van der Waals surface area contributed by atoms with Crippen molar-refractivity contribution in [3.63, 3.8) is 0 Å². The van der Waals surface area contributed by atoms with Crippen LogP contribution < -0.4 is 10.5 Å². The third-order valence-electron chi connectivity index (χ3n) is 3.38. The van der Waals surface area contributed by atoms with E-state index in [-0.39, 0.29) is 12.1 Å². The number of ether oxygens (including phenoxy) is 1. The molecule has 1 aromatic carbocycles. The molecule has 2 aromatic rings. The molecule has 2 atom stereocenters. The largest absolute Gasteiger partial charge is 0.488 e. The molecule has 0 spiro atoms. The normalized spacial score (nSPS) is 19.3. The average molecular weight is 243 g/mol. The van der Waals surface area contributed by atoms with Crippen molar-refractivity contribution in [2.45, 2.75) is 25.0 Å². The second-order valence-electron chi connectivity index (χ2n) is 4.86. The van der Waals surface area contributed by atoms with E-state index in [1.807, 2.05) is 37.6 Å². The van der Waals surface area contributed by atoms with Crippen molar-refractivity contribution < 1.29 is 4.74 Å². The van der Waals surface area contributed by atoms with Gasteiger partial charge in [-0.05, 0) is 23.6 Å². The minimum Gasteiger partial charge on any atom is -0.488 e. The lowest BCUT2D eigenvalue weighted by Crippen LogP contribution is -2.39. The fourth-order valence-corrected chi connectivity index (χ4v) is 2.43. The van der Waals surface area contributed by atoms with E-state index in [1.165, 1.54) is 5.56 Å². The Morgan fingerprint density at radius 3 is 3.06 bits per heavy atom. The number of nitrogens with zero attached hydrogens (tertiary/aromatic N) is 2. The van der Waals surface area contributed by atoms with Gasteiger partial charge in [-0.25, -0.2) is 0 Å². The van der Waals surface area contributed by atoms with Crippen LogP contribution in [0, 0.1) is 0 Å². The first-order valence-electron chi connectivity index (χ1n) is 6.20. The van der Waals surface area contributed by atoms with Gasteiger partial charge in [0.05, 0.1) is 6.20 Å². The van der Waals surface area contributed by atoms with E-state index in [9.17, 15) is 0 Å². The Morgan fingerprint density at radius 1 is 1.50 bits per heavy atom. The molecule has 0 aliphatic carbocycles. The van der Waals surface area contributed by atoms with Crippen LogP contribution in [0.3, 0.4) is 0 Å². The van der Waals surface area contributed by atoms with E-state index in [4.69, 9.17) is 10.5 Å². The molecule has 2 unspecified atom stereocenters. The number of fused-ring (bicyclic) bond motifs is 1. The topological polar surface area (TPSA) is 53.1 Å². The first kappa shape index (κ1) is 11.3. The van der Waals surface area contributed by atoms with Gasteiger partial charge in [0.25, 0.3) is 0 Å². The zero-order valence-electron chi connectivity index (χ0n) is 10.4. The smallest absolute Gasteiger partial charge is 0.123 e. The Balaban J connectivity index is 1.67. The van der Waals surface area contributed by atoms with Crippen LogP contribution >= 0.6 is 0 Å². The second kappa shape index (κ2) is 4.46. The Labute approximate surface area is 106 Å². The molecule has 3 rings (SSSR count). The van der Waals surface area contributed by atoms with Crippen LogP contribution in [-0.4, -0.2) is 21.9 Å². The van der Waals surface area contributed by atoms with Crippen LogP contribution in [0.5, 0.6) is 5.75 Å². The quantitative estimate of drug-likeness (QED) is 0.884. The van der Waals surface area contributed by atoms with Gasteiger partial charge in [0.2, 0.25) is 0 Å². The highest BCUT2D eigenvalue weighted by Gasteiger charge is 2.28. The van der Waals surface area contributed by atoms with Gasteiger partial charge in [-0.15, -0.1) is 0 Å². The maximum Gasteiger partial charge on any atom is 0.123 e. The standard InChI is InChI=1S/C14H17N3O/c1-17-9-10(8-16-17)6-12(15)14-7-11-4-2-3-5-13(11)18-14/h2-5,8-9,12,14H,6-7,15H2,1H3. The van der Waals surface area contributed by atoms with Crippen LogP contribution in [0.15, 0.2) is 36.7 Å². The number of benzene rings is 1. The first-order valence-corrected chi connectivity index (χ1v) is 6.20. The summed E-state index contributed by atoms with van der Waals surface area (Å²) < 4.78 is 7.69. The summed E-state index contributed by atoms with van der Waals surface area (Å²) in [5.41, 5.74) is 8.65. The number of rotatable bonds is 3. The number of para-hydroxylation sites is 1. The van der Waals surface area contributed by atoms with Gasteiger partial charge in [-0.2, -0.15) is 5.10 Å². The van der Waals surface area contributed by atoms with E-state index < -0.39 is 0 Å². The fraction of sp³-hybridized carbons (Fsp3) is 0.357. The molecule has 4 nitrogen and oxygen atoms in total. The molecule has 2 N–H and O–H groups in total. The van der Waals surface area contributed by atoms with Crippen LogP contribution in [0.25, 0.3) is 0 Å². The third-order valence-corrected chi connectivity index (χ3v) is 3.38. The zero-order chi connectivity index (χ0) is 12.5. The van der Waals surface area contributed by atoms with Crippen LogP contribution in [-0.2, 0) is 19.9 Å². The third kappa shape index (κ3) is 2.11. The van der Waals surface area contributed by atoms with Crippen molar-refractivity contribution in [2.75, 3.05) is 0 Å². The van der Waals surface area contributed by atoms with Crippen LogP contribution in [0.1, 0.15) is 11.1 Å². The zero-order valence-corrected chi connectivity index (χ0v) is 10.4. The lowest BCUT2D eigenvalue weighted by atomic mass is 10.0. The Morgan fingerprint density at radius 2 is 2.33 bits per heavy atom. The maximum atomic E-state index is 6.24. The van der Waals surface area contributed by atoms with Gasteiger partial charge in [0, 0.05) is 25.7 Å². The van der Waals surface area contributed by atoms with Crippen molar-refractivity contribution in [3.05, 3.63) is 47.8 Å².